The van der Waals surface area contributed by atoms with Crippen LogP contribution < -0.4 is 10.6 Å². The van der Waals surface area contributed by atoms with Gasteiger partial charge in [0.1, 0.15) is 0 Å². The van der Waals surface area contributed by atoms with E-state index in [0.717, 1.165) is 37.2 Å². The van der Waals surface area contributed by atoms with E-state index < -0.39 is 0 Å². The Kier molecular flexibility index (Phi) is 5.39. The van der Waals surface area contributed by atoms with Crippen LogP contribution in [0.25, 0.3) is 0 Å². The second kappa shape index (κ2) is 6.40. The van der Waals surface area contributed by atoms with Crippen LogP contribution in [0.4, 0.5) is 5.69 Å². The number of anilines is 1. The average Bonchev–Trinajstić information content (AvgIpc) is 2.36. The van der Waals surface area contributed by atoms with Crippen molar-refractivity contribution in [2.75, 3.05) is 18.4 Å². The highest BCUT2D eigenvalue weighted by molar-refractivity contribution is 5.96. The Morgan fingerprint density at radius 3 is 2.74 bits per heavy atom. The number of halogens is 1. The Hall–Kier alpha value is -1.06. The van der Waals surface area contributed by atoms with Crippen LogP contribution in [0.5, 0.6) is 0 Å². The maximum atomic E-state index is 12.4. The van der Waals surface area contributed by atoms with Gasteiger partial charge in [0.05, 0.1) is 5.41 Å². The Morgan fingerprint density at radius 1 is 1.37 bits per heavy atom. The summed E-state index contributed by atoms with van der Waals surface area (Å²) in [7, 11) is 0. The van der Waals surface area contributed by atoms with Crippen LogP contribution >= 0.6 is 12.4 Å². The lowest BCUT2D eigenvalue weighted by atomic mass is 9.82. The summed E-state index contributed by atoms with van der Waals surface area (Å²) in [5.41, 5.74) is 3.01. The molecule has 1 aromatic carbocycles. The van der Waals surface area contributed by atoms with E-state index in [1.165, 1.54) is 5.56 Å². The molecule has 4 heteroatoms. The van der Waals surface area contributed by atoms with Gasteiger partial charge in [-0.25, -0.2) is 0 Å². The maximum Gasteiger partial charge on any atom is 0.231 e. The molecule has 2 N–H and O–H groups in total. The first-order valence-corrected chi connectivity index (χ1v) is 6.61. The second-order valence-electron chi connectivity index (χ2n) is 5.54. The quantitative estimate of drug-likeness (QED) is 0.875. The predicted molar refractivity (Wildman–Crippen MR) is 82.0 cm³/mol. The highest BCUT2D eigenvalue weighted by atomic mass is 35.5. The number of carbonyl (C=O) groups excluding carboxylic acids is 1. The summed E-state index contributed by atoms with van der Waals surface area (Å²) < 4.78 is 0. The molecule has 1 aromatic rings. The molecule has 1 saturated heterocycles. The third-order valence-corrected chi connectivity index (χ3v) is 4.00. The number of carbonyl (C=O) groups is 1. The Balaban J connectivity index is 0.00000180. The average molecular weight is 283 g/mol. The van der Waals surface area contributed by atoms with Gasteiger partial charge in [-0.2, -0.15) is 0 Å². The molecule has 0 bridgehead atoms. The van der Waals surface area contributed by atoms with E-state index in [2.05, 4.69) is 23.6 Å². The van der Waals surface area contributed by atoms with Crippen LogP contribution in [-0.4, -0.2) is 19.0 Å². The molecule has 106 valence electrons. The van der Waals surface area contributed by atoms with Crippen LogP contribution in [-0.2, 0) is 4.79 Å². The van der Waals surface area contributed by atoms with Gasteiger partial charge in [0.2, 0.25) is 5.91 Å². The Labute approximate surface area is 121 Å². The largest absolute Gasteiger partial charge is 0.325 e. The third-order valence-electron chi connectivity index (χ3n) is 4.00. The van der Waals surface area contributed by atoms with Gasteiger partial charge in [-0.05, 0) is 57.4 Å². The van der Waals surface area contributed by atoms with E-state index in [1.54, 1.807) is 0 Å². The molecule has 0 spiro atoms. The predicted octanol–water partition coefficient (Wildman–Crippen LogP) is 3.05. The number of hydrogen-bond donors (Lipinski definition) is 2. The normalized spacial score (nSPS) is 22.5. The molecule has 0 saturated carbocycles. The van der Waals surface area contributed by atoms with Crippen molar-refractivity contribution < 1.29 is 4.79 Å². The van der Waals surface area contributed by atoms with Gasteiger partial charge in [-0.1, -0.05) is 12.1 Å². The molecule has 1 unspecified atom stereocenters. The van der Waals surface area contributed by atoms with Crippen LogP contribution in [0.2, 0.25) is 0 Å². The number of amides is 1. The molecule has 1 fully saturated rings. The van der Waals surface area contributed by atoms with Crippen molar-refractivity contribution in [3.05, 3.63) is 29.3 Å². The first-order chi connectivity index (χ1) is 8.53. The van der Waals surface area contributed by atoms with E-state index in [0.29, 0.717) is 0 Å². The van der Waals surface area contributed by atoms with Crippen LogP contribution in [0, 0.1) is 19.3 Å². The van der Waals surface area contributed by atoms with Gasteiger partial charge in [-0.15, -0.1) is 12.4 Å². The van der Waals surface area contributed by atoms with Gasteiger partial charge >= 0.3 is 0 Å². The minimum atomic E-state index is -0.283. The zero-order chi connectivity index (χ0) is 13.2. The zero-order valence-corrected chi connectivity index (χ0v) is 12.7. The third kappa shape index (κ3) is 3.48. The fourth-order valence-corrected chi connectivity index (χ4v) is 2.41. The summed E-state index contributed by atoms with van der Waals surface area (Å²) in [6, 6.07) is 6.02. The van der Waals surface area contributed by atoms with Crippen LogP contribution in [0.15, 0.2) is 18.2 Å². The van der Waals surface area contributed by atoms with Crippen molar-refractivity contribution in [2.45, 2.75) is 33.6 Å². The summed E-state index contributed by atoms with van der Waals surface area (Å²) >= 11 is 0. The molecule has 0 aliphatic carbocycles. The Morgan fingerprint density at radius 2 is 2.11 bits per heavy atom. The molecule has 19 heavy (non-hydrogen) atoms. The lowest BCUT2D eigenvalue weighted by Gasteiger charge is -2.32. The van der Waals surface area contributed by atoms with Gasteiger partial charge in [0.25, 0.3) is 0 Å². The number of benzene rings is 1. The van der Waals surface area contributed by atoms with Crippen molar-refractivity contribution in [2.24, 2.45) is 5.41 Å². The standard InChI is InChI=1S/C15H22N2O.ClH/c1-11-6-4-7-13(12(11)2)17-14(18)15(3)8-5-9-16-10-15;/h4,6-7,16H,5,8-10H2,1-3H3,(H,17,18);1H. The minimum Gasteiger partial charge on any atom is -0.325 e. The van der Waals surface area contributed by atoms with Crippen molar-refractivity contribution in [1.29, 1.82) is 0 Å². The first kappa shape index (κ1) is 16.0. The van der Waals surface area contributed by atoms with Crippen molar-refractivity contribution in [1.82, 2.24) is 5.32 Å². The number of nitrogens with one attached hydrogen (secondary N) is 2. The van der Waals surface area contributed by atoms with Gasteiger partial charge in [0.15, 0.2) is 0 Å². The van der Waals surface area contributed by atoms with Gasteiger partial charge in [0, 0.05) is 12.2 Å². The van der Waals surface area contributed by atoms with Crippen molar-refractivity contribution >= 4 is 24.0 Å². The van der Waals surface area contributed by atoms with Crippen molar-refractivity contribution in [3.63, 3.8) is 0 Å². The van der Waals surface area contributed by atoms with Gasteiger partial charge < -0.3 is 10.6 Å². The smallest absolute Gasteiger partial charge is 0.231 e. The summed E-state index contributed by atoms with van der Waals surface area (Å²) in [6.07, 6.45) is 2.02. The molecule has 0 radical (unpaired) electrons. The Bertz CT molecular complexity index is 453. The number of hydrogen-bond acceptors (Lipinski definition) is 2. The summed E-state index contributed by atoms with van der Waals surface area (Å²) in [5.74, 6) is 0.128. The first-order valence-electron chi connectivity index (χ1n) is 6.61. The molecule has 3 nitrogen and oxygen atoms in total. The van der Waals surface area contributed by atoms with E-state index >= 15 is 0 Å². The van der Waals surface area contributed by atoms with Crippen molar-refractivity contribution in [3.8, 4) is 0 Å². The summed E-state index contributed by atoms with van der Waals surface area (Å²) in [5, 5.41) is 6.39. The van der Waals surface area contributed by atoms with Crippen LogP contribution in [0.3, 0.4) is 0 Å². The van der Waals surface area contributed by atoms with E-state index in [9.17, 15) is 4.79 Å². The molecular formula is C15H23ClN2O. The fraction of sp³-hybridized carbons (Fsp3) is 0.533. The van der Waals surface area contributed by atoms with E-state index in [4.69, 9.17) is 0 Å². The molecule has 1 amide bonds. The maximum absolute atomic E-state index is 12.4. The molecule has 1 atom stereocenters. The van der Waals surface area contributed by atoms with E-state index in [-0.39, 0.29) is 23.7 Å². The topological polar surface area (TPSA) is 41.1 Å². The number of rotatable bonds is 2. The molecule has 0 aromatic heterocycles. The summed E-state index contributed by atoms with van der Waals surface area (Å²) in [6.45, 7) is 7.94. The molecule has 1 heterocycles. The molecule has 1 aliphatic heterocycles. The molecule has 1 aliphatic rings. The van der Waals surface area contributed by atoms with Crippen LogP contribution in [0.1, 0.15) is 30.9 Å². The molecule has 2 rings (SSSR count). The van der Waals surface area contributed by atoms with E-state index in [1.807, 2.05) is 26.0 Å². The second-order valence-corrected chi connectivity index (χ2v) is 5.54. The lowest BCUT2D eigenvalue weighted by Crippen LogP contribution is -2.46. The summed E-state index contributed by atoms with van der Waals surface area (Å²) in [4.78, 5) is 12.4. The SMILES string of the molecule is Cc1cccc(NC(=O)C2(C)CCCNC2)c1C.Cl. The lowest BCUT2D eigenvalue weighted by molar-refractivity contribution is -0.125. The zero-order valence-electron chi connectivity index (χ0n) is 11.9. The minimum absolute atomic E-state index is 0. The van der Waals surface area contributed by atoms with Gasteiger partial charge in [-0.3, -0.25) is 4.79 Å². The highest BCUT2D eigenvalue weighted by Gasteiger charge is 2.34. The fourth-order valence-electron chi connectivity index (χ4n) is 2.41. The monoisotopic (exact) mass is 282 g/mol. The highest BCUT2D eigenvalue weighted by Crippen LogP contribution is 2.28. The number of aryl methyl sites for hydroxylation is 1. The molecular weight excluding hydrogens is 260 g/mol. The number of piperidine rings is 1.